The number of halogens is 2. The molecule has 26 heavy (non-hydrogen) atoms. The lowest BCUT2D eigenvalue weighted by Crippen LogP contribution is -2.38. The Hall–Kier alpha value is -1.64. The van der Waals surface area contributed by atoms with E-state index in [-0.39, 0.29) is 17.2 Å². The van der Waals surface area contributed by atoms with Crippen LogP contribution < -0.4 is 5.32 Å². The van der Waals surface area contributed by atoms with E-state index >= 15 is 0 Å². The summed E-state index contributed by atoms with van der Waals surface area (Å²) in [6, 6.07) is 9.15. The van der Waals surface area contributed by atoms with Crippen LogP contribution in [-0.4, -0.2) is 45.2 Å². The lowest BCUT2D eigenvalue weighted by Gasteiger charge is -2.21. The summed E-state index contributed by atoms with van der Waals surface area (Å²) in [4.78, 5) is 7.03. The van der Waals surface area contributed by atoms with Crippen molar-refractivity contribution in [1.82, 2.24) is 10.2 Å². The molecule has 0 saturated carbocycles. The van der Waals surface area contributed by atoms with Gasteiger partial charge in [-0.15, -0.1) is 11.3 Å². The number of aliphatic imine (C=N–C) groups is 1. The molecule has 1 aromatic heterocycles. The van der Waals surface area contributed by atoms with Crippen molar-refractivity contribution in [2.24, 2.45) is 4.99 Å². The largest absolute Gasteiger partial charge is 0.357 e. The molecule has 0 aliphatic heterocycles. The van der Waals surface area contributed by atoms with E-state index in [4.69, 9.17) is 11.6 Å². The molecule has 0 unspecified atom stereocenters. The first-order valence-electron chi connectivity index (χ1n) is 8.04. The number of nitrogens with zero attached hydrogens (tertiary/aromatic N) is 2. The van der Waals surface area contributed by atoms with E-state index in [0.29, 0.717) is 23.4 Å². The monoisotopic (exact) mass is 417 g/mol. The van der Waals surface area contributed by atoms with Gasteiger partial charge in [0.05, 0.1) is 23.2 Å². The molecule has 2 aromatic rings. The van der Waals surface area contributed by atoms with Crippen molar-refractivity contribution in [2.75, 3.05) is 25.9 Å². The quantitative estimate of drug-likeness (QED) is 0.554. The standard InChI is InChI=1S/C17H21ClFN3O2S2/c1-3-20-17(22(2)12-13-8-9-16(18)25-13)21-10-11-26(23,24)15-7-5-4-6-14(15)19/h4-9H,3,10-12H2,1-2H3,(H,20,21). The van der Waals surface area contributed by atoms with Crippen molar-refractivity contribution >= 4 is 38.7 Å². The SMILES string of the molecule is CCNC(=NCCS(=O)(=O)c1ccccc1F)N(C)Cc1ccc(Cl)s1. The lowest BCUT2D eigenvalue weighted by atomic mass is 10.3. The van der Waals surface area contributed by atoms with Gasteiger partial charge in [0.2, 0.25) is 0 Å². The molecule has 0 aliphatic rings. The summed E-state index contributed by atoms with van der Waals surface area (Å²) in [5, 5.41) is 3.13. The summed E-state index contributed by atoms with van der Waals surface area (Å²) in [6.07, 6.45) is 0. The molecule has 1 heterocycles. The zero-order chi connectivity index (χ0) is 19.2. The minimum Gasteiger partial charge on any atom is -0.357 e. The van der Waals surface area contributed by atoms with E-state index in [1.54, 1.807) is 0 Å². The lowest BCUT2D eigenvalue weighted by molar-refractivity contribution is 0.482. The molecule has 0 amide bonds. The second kappa shape index (κ2) is 9.34. The predicted octanol–water partition coefficient (Wildman–Crippen LogP) is 3.41. The van der Waals surface area contributed by atoms with Crippen LogP contribution in [0.5, 0.6) is 0 Å². The van der Waals surface area contributed by atoms with Crippen LogP contribution in [0.1, 0.15) is 11.8 Å². The summed E-state index contributed by atoms with van der Waals surface area (Å²) >= 11 is 7.43. The van der Waals surface area contributed by atoms with Crippen molar-refractivity contribution in [3.63, 3.8) is 0 Å². The summed E-state index contributed by atoms with van der Waals surface area (Å²) in [5.74, 6) is -0.419. The molecule has 0 atom stereocenters. The molecule has 142 valence electrons. The second-order valence-electron chi connectivity index (χ2n) is 5.55. The van der Waals surface area contributed by atoms with Gasteiger partial charge in [-0.2, -0.15) is 0 Å². The first-order chi connectivity index (χ1) is 12.3. The minimum atomic E-state index is -3.73. The number of nitrogens with one attached hydrogen (secondary N) is 1. The van der Waals surface area contributed by atoms with E-state index in [1.807, 2.05) is 31.0 Å². The van der Waals surface area contributed by atoms with Crippen molar-refractivity contribution < 1.29 is 12.8 Å². The summed E-state index contributed by atoms with van der Waals surface area (Å²) in [5.41, 5.74) is 0. The molecule has 0 aliphatic carbocycles. The van der Waals surface area contributed by atoms with Gasteiger partial charge in [0.1, 0.15) is 10.7 Å². The Morgan fingerprint density at radius 2 is 2.04 bits per heavy atom. The molecule has 9 heteroatoms. The normalized spacial score (nSPS) is 12.2. The first kappa shape index (κ1) is 20.7. The number of thiophene rings is 1. The van der Waals surface area contributed by atoms with E-state index < -0.39 is 15.7 Å². The van der Waals surface area contributed by atoms with E-state index in [0.717, 1.165) is 10.9 Å². The Bertz CT molecular complexity index is 868. The van der Waals surface area contributed by atoms with Crippen LogP contribution in [-0.2, 0) is 16.4 Å². The molecule has 1 N–H and O–H groups in total. The van der Waals surface area contributed by atoms with E-state index in [9.17, 15) is 12.8 Å². The zero-order valence-electron chi connectivity index (χ0n) is 14.6. The van der Waals surface area contributed by atoms with Crippen molar-refractivity contribution in [3.05, 3.63) is 51.4 Å². The molecular weight excluding hydrogens is 397 g/mol. The number of hydrogen-bond acceptors (Lipinski definition) is 4. The molecule has 0 bridgehead atoms. The van der Waals surface area contributed by atoms with Crippen molar-refractivity contribution in [2.45, 2.75) is 18.4 Å². The van der Waals surface area contributed by atoms with Gasteiger partial charge in [0, 0.05) is 18.5 Å². The highest BCUT2D eigenvalue weighted by Gasteiger charge is 2.18. The van der Waals surface area contributed by atoms with Crippen LogP contribution in [0.25, 0.3) is 0 Å². The Kier molecular flexibility index (Phi) is 7.43. The third kappa shape index (κ3) is 5.69. The summed E-state index contributed by atoms with van der Waals surface area (Å²) < 4.78 is 39.0. The number of guanidine groups is 1. The molecule has 0 fully saturated rings. The average Bonchev–Trinajstić information content (AvgIpc) is 2.99. The fourth-order valence-electron chi connectivity index (χ4n) is 2.29. The van der Waals surface area contributed by atoms with Gasteiger partial charge in [-0.3, -0.25) is 4.99 Å². The maximum Gasteiger partial charge on any atom is 0.194 e. The molecule has 1 aromatic carbocycles. The van der Waals surface area contributed by atoms with Crippen LogP contribution in [0, 0.1) is 5.82 Å². The third-order valence-corrected chi connectivity index (χ3v) is 6.45. The fourth-order valence-corrected chi connectivity index (χ4v) is 4.64. The Labute approximate surface area is 162 Å². The Balaban J connectivity index is 2.05. The van der Waals surface area contributed by atoms with Crippen LogP contribution in [0.4, 0.5) is 4.39 Å². The average molecular weight is 418 g/mol. The van der Waals surface area contributed by atoms with Gasteiger partial charge < -0.3 is 10.2 Å². The van der Waals surface area contributed by atoms with Gasteiger partial charge in [-0.1, -0.05) is 23.7 Å². The molecule has 0 spiro atoms. The number of rotatable bonds is 7. The maximum atomic E-state index is 13.7. The zero-order valence-corrected chi connectivity index (χ0v) is 17.0. The molecule has 5 nitrogen and oxygen atoms in total. The summed E-state index contributed by atoms with van der Waals surface area (Å²) in [6.45, 7) is 3.22. The molecule has 0 saturated heterocycles. The van der Waals surface area contributed by atoms with Crippen LogP contribution in [0.2, 0.25) is 4.34 Å². The van der Waals surface area contributed by atoms with Gasteiger partial charge in [-0.25, -0.2) is 12.8 Å². The van der Waals surface area contributed by atoms with Gasteiger partial charge in [-0.05, 0) is 31.2 Å². The maximum absolute atomic E-state index is 13.7. The first-order valence-corrected chi connectivity index (χ1v) is 10.9. The number of hydrogen-bond donors (Lipinski definition) is 1. The minimum absolute atomic E-state index is 0.0362. The second-order valence-corrected chi connectivity index (χ2v) is 9.42. The van der Waals surface area contributed by atoms with Crippen LogP contribution in [0.15, 0.2) is 46.3 Å². The molecule has 0 radical (unpaired) electrons. The van der Waals surface area contributed by atoms with Crippen LogP contribution >= 0.6 is 22.9 Å². The Morgan fingerprint density at radius 1 is 1.31 bits per heavy atom. The molecule has 2 rings (SSSR count). The van der Waals surface area contributed by atoms with Crippen molar-refractivity contribution in [1.29, 1.82) is 0 Å². The number of sulfone groups is 1. The van der Waals surface area contributed by atoms with Gasteiger partial charge in [0.15, 0.2) is 15.8 Å². The van der Waals surface area contributed by atoms with Gasteiger partial charge in [0.25, 0.3) is 0 Å². The Morgan fingerprint density at radius 3 is 2.65 bits per heavy atom. The van der Waals surface area contributed by atoms with Gasteiger partial charge >= 0.3 is 0 Å². The highest BCUT2D eigenvalue weighted by molar-refractivity contribution is 7.91. The third-order valence-electron chi connectivity index (χ3n) is 3.51. The van der Waals surface area contributed by atoms with Crippen molar-refractivity contribution in [3.8, 4) is 0 Å². The topological polar surface area (TPSA) is 61.8 Å². The highest BCUT2D eigenvalue weighted by atomic mass is 35.5. The van der Waals surface area contributed by atoms with Crippen LogP contribution in [0.3, 0.4) is 0 Å². The highest BCUT2D eigenvalue weighted by Crippen LogP contribution is 2.22. The smallest absolute Gasteiger partial charge is 0.194 e. The predicted molar refractivity (Wildman–Crippen MR) is 105 cm³/mol. The van der Waals surface area contributed by atoms with E-state index in [1.165, 1.54) is 29.5 Å². The number of benzene rings is 1. The summed E-state index contributed by atoms with van der Waals surface area (Å²) in [7, 11) is -1.86. The van der Waals surface area contributed by atoms with E-state index in [2.05, 4.69) is 10.3 Å². The molecular formula is C17H21ClFN3O2S2. The fraction of sp³-hybridized carbons (Fsp3) is 0.353.